The zero-order chi connectivity index (χ0) is 10.3. The van der Waals surface area contributed by atoms with Crippen molar-refractivity contribution in [2.24, 2.45) is 0 Å². The Morgan fingerprint density at radius 2 is 1.93 bits per heavy atom. The lowest BCUT2D eigenvalue weighted by atomic mass is 10.2. The molecule has 0 amide bonds. The van der Waals surface area contributed by atoms with E-state index in [-0.39, 0.29) is 0 Å². The van der Waals surface area contributed by atoms with E-state index >= 15 is 0 Å². The van der Waals surface area contributed by atoms with E-state index in [1.54, 1.807) is 6.26 Å². The highest BCUT2D eigenvalue weighted by molar-refractivity contribution is 5.77. The Morgan fingerprint density at radius 1 is 1.07 bits per heavy atom. The molecule has 0 atom stereocenters. The Hall–Kier alpha value is -1.83. The second-order valence-electron chi connectivity index (χ2n) is 3.23. The van der Waals surface area contributed by atoms with Crippen LogP contribution in [0.3, 0.4) is 0 Å². The van der Waals surface area contributed by atoms with Gasteiger partial charge in [0.25, 0.3) is 0 Å². The van der Waals surface area contributed by atoms with Crippen molar-refractivity contribution in [1.29, 1.82) is 0 Å². The van der Waals surface area contributed by atoms with Crippen LogP contribution in [0, 0.1) is 0 Å². The van der Waals surface area contributed by atoms with Crippen molar-refractivity contribution in [3.05, 3.63) is 54.9 Å². The van der Waals surface area contributed by atoms with Gasteiger partial charge >= 0.3 is 0 Å². The minimum atomic E-state index is 0.889. The smallest absolute Gasteiger partial charge is 0.0908 e. The first-order valence-corrected chi connectivity index (χ1v) is 5.03. The maximum atomic E-state index is 4.76. The third kappa shape index (κ3) is 2.81. The quantitative estimate of drug-likeness (QED) is 0.650. The van der Waals surface area contributed by atoms with Crippen molar-refractivity contribution in [2.45, 2.75) is 6.42 Å². The molecule has 0 saturated heterocycles. The number of fused-ring (bicyclic) bond motifs is 1. The van der Waals surface area contributed by atoms with E-state index in [1.807, 2.05) is 36.5 Å². The summed E-state index contributed by atoms with van der Waals surface area (Å²) in [5.41, 5.74) is 1.06. The van der Waals surface area contributed by atoms with Crippen LogP contribution in [0.25, 0.3) is 10.9 Å². The second kappa shape index (κ2) is 5.15. The van der Waals surface area contributed by atoms with Crippen molar-refractivity contribution in [3.63, 3.8) is 0 Å². The fraction of sp³-hybridized carbons (Fsp3) is 0.154. The summed E-state index contributed by atoms with van der Waals surface area (Å²) in [4.78, 5) is 4.18. The van der Waals surface area contributed by atoms with Crippen LogP contribution in [-0.2, 0) is 4.74 Å². The number of hydrogen-bond donors (Lipinski definition) is 0. The molecule has 3 rings (SSSR count). The normalized spacial score (nSPS) is 13.1. The number of para-hydroxylation sites is 1. The number of pyridine rings is 1. The van der Waals surface area contributed by atoms with E-state index in [0.717, 1.165) is 18.5 Å². The molecule has 1 aromatic heterocycles. The molecule has 0 unspecified atom stereocenters. The molecule has 0 radical (unpaired) electrons. The molecular formula is C13H13NO. The lowest BCUT2D eigenvalue weighted by Gasteiger charge is -1.91. The van der Waals surface area contributed by atoms with Gasteiger partial charge in [0.1, 0.15) is 0 Å². The molecular weight excluding hydrogens is 186 g/mol. The van der Waals surface area contributed by atoms with Crippen LogP contribution in [0.1, 0.15) is 6.42 Å². The zero-order valence-electron chi connectivity index (χ0n) is 8.47. The van der Waals surface area contributed by atoms with E-state index < -0.39 is 0 Å². The average molecular weight is 199 g/mol. The molecule has 2 nitrogen and oxygen atoms in total. The average Bonchev–Trinajstić information content (AvgIpc) is 2.88. The largest absolute Gasteiger partial charge is 0.501 e. The molecule has 0 fully saturated rings. The number of benzene rings is 1. The van der Waals surface area contributed by atoms with Crippen molar-refractivity contribution in [2.75, 3.05) is 6.61 Å². The summed E-state index contributed by atoms with van der Waals surface area (Å²) in [6, 6.07) is 12.1. The van der Waals surface area contributed by atoms with E-state index in [4.69, 9.17) is 4.74 Å². The number of aromatic nitrogens is 1. The molecule has 2 heteroatoms. The number of nitrogens with zero attached hydrogens (tertiary/aromatic N) is 1. The van der Waals surface area contributed by atoms with Crippen LogP contribution in [0.5, 0.6) is 0 Å². The van der Waals surface area contributed by atoms with Crippen LogP contribution < -0.4 is 0 Å². The number of rotatable bonds is 0. The van der Waals surface area contributed by atoms with Crippen molar-refractivity contribution in [3.8, 4) is 0 Å². The first-order valence-electron chi connectivity index (χ1n) is 5.03. The number of ether oxygens (including phenoxy) is 1. The third-order valence-corrected chi connectivity index (χ3v) is 2.11. The second-order valence-corrected chi connectivity index (χ2v) is 3.23. The highest BCUT2D eigenvalue weighted by Crippen LogP contribution is 2.07. The summed E-state index contributed by atoms with van der Waals surface area (Å²) in [6.07, 6.45) is 6.66. The first kappa shape index (κ1) is 9.71. The van der Waals surface area contributed by atoms with Gasteiger partial charge in [-0.15, -0.1) is 0 Å². The van der Waals surface area contributed by atoms with E-state index in [0.29, 0.717) is 0 Å². The van der Waals surface area contributed by atoms with Gasteiger partial charge in [-0.3, -0.25) is 4.98 Å². The van der Waals surface area contributed by atoms with Crippen LogP contribution in [0.2, 0.25) is 0 Å². The van der Waals surface area contributed by atoms with Crippen LogP contribution >= 0.6 is 0 Å². The Morgan fingerprint density at radius 3 is 2.60 bits per heavy atom. The Labute approximate surface area is 89.2 Å². The Balaban J connectivity index is 0.000000144. The van der Waals surface area contributed by atoms with Gasteiger partial charge in [0.15, 0.2) is 0 Å². The Bertz CT molecular complexity index is 379. The van der Waals surface area contributed by atoms with Gasteiger partial charge in [-0.1, -0.05) is 24.3 Å². The van der Waals surface area contributed by atoms with Crippen LogP contribution in [-0.4, -0.2) is 11.6 Å². The molecule has 0 spiro atoms. The predicted molar refractivity (Wildman–Crippen MR) is 61.5 cm³/mol. The van der Waals surface area contributed by atoms with Gasteiger partial charge in [-0.2, -0.15) is 0 Å². The molecule has 0 aliphatic carbocycles. The maximum absolute atomic E-state index is 4.76. The lowest BCUT2D eigenvalue weighted by molar-refractivity contribution is 0.281. The van der Waals surface area contributed by atoms with Gasteiger partial charge in [0.05, 0.1) is 18.4 Å². The van der Waals surface area contributed by atoms with E-state index in [1.165, 1.54) is 5.39 Å². The highest BCUT2D eigenvalue weighted by Gasteiger charge is 1.86. The summed E-state index contributed by atoms with van der Waals surface area (Å²) < 4.78 is 4.76. The molecule has 76 valence electrons. The molecule has 2 aromatic rings. The third-order valence-electron chi connectivity index (χ3n) is 2.11. The molecule has 2 heterocycles. The molecule has 15 heavy (non-hydrogen) atoms. The zero-order valence-corrected chi connectivity index (χ0v) is 8.47. The Kier molecular flexibility index (Phi) is 3.34. The summed E-state index contributed by atoms with van der Waals surface area (Å²) >= 11 is 0. The monoisotopic (exact) mass is 199 g/mol. The van der Waals surface area contributed by atoms with Gasteiger partial charge in [-0.25, -0.2) is 0 Å². The van der Waals surface area contributed by atoms with E-state index in [9.17, 15) is 0 Å². The van der Waals surface area contributed by atoms with Crippen molar-refractivity contribution < 1.29 is 4.74 Å². The summed E-state index contributed by atoms with van der Waals surface area (Å²) in [5, 5.41) is 1.20. The highest BCUT2D eigenvalue weighted by atomic mass is 16.5. The van der Waals surface area contributed by atoms with Crippen LogP contribution in [0.4, 0.5) is 0 Å². The predicted octanol–water partition coefficient (Wildman–Crippen LogP) is 3.16. The summed E-state index contributed by atoms with van der Waals surface area (Å²) in [7, 11) is 0. The standard InChI is InChI=1S/C9H7N.C4H6O/c1-2-6-9-8(4-1)5-3-7-10-9;1-2-4-5-3-1/h1-7H;1,3H,2,4H2. The van der Waals surface area contributed by atoms with Gasteiger partial charge < -0.3 is 4.74 Å². The topological polar surface area (TPSA) is 22.1 Å². The molecule has 0 N–H and O–H groups in total. The fourth-order valence-electron chi connectivity index (χ4n) is 1.36. The number of hydrogen-bond acceptors (Lipinski definition) is 2. The fourth-order valence-corrected chi connectivity index (χ4v) is 1.36. The minimum absolute atomic E-state index is 0.889. The molecule has 1 aliphatic rings. The molecule has 0 saturated carbocycles. The molecule has 0 bridgehead atoms. The summed E-state index contributed by atoms with van der Waals surface area (Å²) in [5.74, 6) is 0. The minimum Gasteiger partial charge on any atom is -0.501 e. The first-order chi connectivity index (χ1) is 7.47. The van der Waals surface area contributed by atoms with Gasteiger partial charge in [-0.05, 0) is 18.2 Å². The summed E-state index contributed by atoms with van der Waals surface area (Å²) in [6.45, 7) is 0.889. The van der Waals surface area contributed by atoms with Crippen molar-refractivity contribution in [1.82, 2.24) is 4.98 Å². The van der Waals surface area contributed by atoms with Crippen molar-refractivity contribution >= 4 is 10.9 Å². The molecule has 1 aliphatic heterocycles. The van der Waals surface area contributed by atoms with Crippen LogP contribution in [0.15, 0.2) is 54.9 Å². The SMILES string of the molecule is C1=COCC1.c1ccc2ncccc2c1. The van der Waals surface area contributed by atoms with Gasteiger partial charge in [0.2, 0.25) is 0 Å². The van der Waals surface area contributed by atoms with Gasteiger partial charge in [0, 0.05) is 18.0 Å². The molecule has 1 aromatic carbocycles. The maximum Gasteiger partial charge on any atom is 0.0908 e. The van der Waals surface area contributed by atoms with E-state index in [2.05, 4.69) is 17.1 Å². The lowest BCUT2D eigenvalue weighted by Crippen LogP contribution is -1.73.